The predicted octanol–water partition coefficient (Wildman–Crippen LogP) is 4.30. The number of rotatable bonds is 3. The van der Waals surface area contributed by atoms with E-state index in [9.17, 15) is 13.2 Å². The van der Waals surface area contributed by atoms with E-state index in [-0.39, 0.29) is 0 Å². The quantitative estimate of drug-likeness (QED) is 0.706. The summed E-state index contributed by atoms with van der Waals surface area (Å²) in [6, 6.07) is 6.70. The Morgan fingerprint density at radius 1 is 1.13 bits per heavy atom. The van der Waals surface area contributed by atoms with Gasteiger partial charge in [0, 0.05) is 0 Å². The minimum Gasteiger partial charge on any atom is -0.170 e. The van der Waals surface area contributed by atoms with Crippen LogP contribution in [0.2, 0.25) is 0 Å². The Morgan fingerprint density at radius 3 is 2.07 bits per heavy atom. The Kier molecular flexibility index (Phi) is 3.77. The molecule has 0 unspecified atom stereocenters. The molecule has 0 radical (unpaired) electrons. The third kappa shape index (κ3) is 3.26. The van der Waals surface area contributed by atoms with Gasteiger partial charge in [-0.25, -0.2) is 0 Å². The van der Waals surface area contributed by atoms with Crippen LogP contribution in [0.15, 0.2) is 24.3 Å². The molecular weight excluding hydrogens is 201 g/mol. The van der Waals surface area contributed by atoms with Crippen molar-refractivity contribution in [3.63, 3.8) is 0 Å². The van der Waals surface area contributed by atoms with Crippen LogP contribution in [-0.4, -0.2) is 6.18 Å². The largest absolute Gasteiger partial charge is 0.395 e. The fourth-order valence-corrected chi connectivity index (χ4v) is 1.45. The lowest BCUT2D eigenvalue weighted by Crippen LogP contribution is -2.17. The van der Waals surface area contributed by atoms with Gasteiger partial charge < -0.3 is 0 Å². The summed E-state index contributed by atoms with van der Waals surface area (Å²) in [5.41, 5.74) is 1.43. The molecule has 1 aromatic carbocycles. The second kappa shape index (κ2) is 4.69. The number of halogens is 3. The maximum atomic E-state index is 12.4. The van der Waals surface area contributed by atoms with Crippen LogP contribution in [0.1, 0.15) is 37.3 Å². The number of alkyl halides is 3. The van der Waals surface area contributed by atoms with Gasteiger partial charge in [-0.3, -0.25) is 0 Å². The van der Waals surface area contributed by atoms with E-state index in [4.69, 9.17) is 0 Å². The summed E-state index contributed by atoms with van der Waals surface area (Å²) in [5.74, 6) is -1.38. The van der Waals surface area contributed by atoms with Crippen molar-refractivity contribution >= 4 is 0 Å². The molecular formula is C12H15F3. The van der Waals surface area contributed by atoms with E-state index in [1.54, 1.807) is 24.3 Å². The zero-order valence-corrected chi connectivity index (χ0v) is 8.93. The summed E-state index contributed by atoms with van der Waals surface area (Å²) in [6.07, 6.45) is -2.22. The van der Waals surface area contributed by atoms with Crippen LogP contribution in [0.4, 0.5) is 13.2 Å². The molecule has 15 heavy (non-hydrogen) atoms. The van der Waals surface area contributed by atoms with Gasteiger partial charge in [-0.2, -0.15) is 13.2 Å². The number of benzene rings is 1. The topological polar surface area (TPSA) is 0 Å². The summed E-state index contributed by atoms with van der Waals surface area (Å²) in [6.45, 7) is 3.24. The maximum Gasteiger partial charge on any atom is 0.395 e. The van der Waals surface area contributed by atoms with Gasteiger partial charge >= 0.3 is 6.18 Å². The molecule has 0 fully saturated rings. The Morgan fingerprint density at radius 2 is 1.67 bits per heavy atom. The van der Waals surface area contributed by atoms with Gasteiger partial charge in [0.25, 0.3) is 0 Å². The molecule has 0 bridgehead atoms. The van der Waals surface area contributed by atoms with Crippen LogP contribution in [0.3, 0.4) is 0 Å². The fourth-order valence-electron chi connectivity index (χ4n) is 1.45. The SMILES string of the molecule is CCCc1ccc([C@H](C)C(F)(F)F)cc1. The molecule has 0 nitrogen and oxygen atoms in total. The van der Waals surface area contributed by atoms with Crippen molar-refractivity contribution < 1.29 is 13.2 Å². The highest BCUT2D eigenvalue weighted by molar-refractivity contribution is 5.26. The van der Waals surface area contributed by atoms with Crippen molar-refractivity contribution in [2.45, 2.75) is 38.8 Å². The minimum absolute atomic E-state index is 0.336. The van der Waals surface area contributed by atoms with E-state index in [1.807, 2.05) is 6.92 Å². The van der Waals surface area contributed by atoms with Crippen molar-refractivity contribution in [3.05, 3.63) is 35.4 Å². The first-order chi connectivity index (χ1) is 6.95. The van der Waals surface area contributed by atoms with Crippen LogP contribution in [-0.2, 0) is 6.42 Å². The van der Waals surface area contributed by atoms with Crippen LogP contribution < -0.4 is 0 Å². The van der Waals surface area contributed by atoms with Gasteiger partial charge in [-0.15, -0.1) is 0 Å². The van der Waals surface area contributed by atoms with Gasteiger partial charge in [0.15, 0.2) is 0 Å². The second-order valence-electron chi connectivity index (χ2n) is 3.75. The van der Waals surface area contributed by atoms with Crippen molar-refractivity contribution in [3.8, 4) is 0 Å². The van der Waals surface area contributed by atoms with Crippen molar-refractivity contribution in [2.75, 3.05) is 0 Å². The van der Waals surface area contributed by atoms with E-state index in [1.165, 1.54) is 6.92 Å². The lowest BCUT2D eigenvalue weighted by atomic mass is 9.98. The van der Waals surface area contributed by atoms with E-state index in [2.05, 4.69) is 0 Å². The molecule has 0 amide bonds. The second-order valence-corrected chi connectivity index (χ2v) is 3.75. The summed E-state index contributed by atoms with van der Waals surface area (Å²) >= 11 is 0. The van der Waals surface area contributed by atoms with Crippen molar-refractivity contribution in [1.82, 2.24) is 0 Å². The lowest BCUT2D eigenvalue weighted by molar-refractivity contribution is -0.146. The van der Waals surface area contributed by atoms with Crippen molar-refractivity contribution in [2.24, 2.45) is 0 Å². The van der Waals surface area contributed by atoms with E-state index in [0.29, 0.717) is 5.56 Å². The highest BCUT2D eigenvalue weighted by atomic mass is 19.4. The van der Waals surface area contributed by atoms with Gasteiger partial charge in [0.05, 0.1) is 5.92 Å². The number of hydrogen-bond donors (Lipinski definition) is 0. The molecule has 1 aromatic rings. The zero-order valence-electron chi connectivity index (χ0n) is 8.93. The maximum absolute atomic E-state index is 12.4. The van der Waals surface area contributed by atoms with Crippen molar-refractivity contribution in [1.29, 1.82) is 0 Å². The molecule has 0 N–H and O–H groups in total. The molecule has 84 valence electrons. The van der Waals surface area contributed by atoms with Gasteiger partial charge in [0.1, 0.15) is 0 Å². The van der Waals surface area contributed by atoms with E-state index >= 15 is 0 Å². The average Bonchev–Trinajstić information content (AvgIpc) is 2.17. The molecule has 0 saturated heterocycles. The summed E-state index contributed by atoms with van der Waals surface area (Å²) in [5, 5.41) is 0. The first-order valence-corrected chi connectivity index (χ1v) is 5.10. The monoisotopic (exact) mass is 216 g/mol. The highest BCUT2D eigenvalue weighted by Gasteiger charge is 2.36. The van der Waals surface area contributed by atoms with Crippen LogP contribution in [0.25, 0.3) is 0 Å². The smallest absolute Gasteiger partial charge is 0.170 e. The summed E-state index contributed by atoms with van der Waals surface area (Å²) in [7, 11) is 0. The van der Waals surface area contributed by atoms with E-state index < -0.39 is 12.1 Å². The highest BCUT2D eigenvalue weighted by Crippen LogP contribution is 2.34. The third-order valence-corrected chi connectivity index (χ3v) is 2.51. The van der Waals surface area contributed by atoms with Crippen LogP contribution >= 0.6 is 0 Å². The Hall–Kier alpha value is -0.990. The van der Waals surface area contributed by atoms with Gasteiger partial charge in [-0.05, 0) is 24.5 Å². The average molecular weight is 216 g/mol. The molecule has 0 aliphatic carbocycles. The van der Waals surface area contributed by atoms with Crippen LogP contribution in [0.5, 0.6) is 0 Å². The standard InChI is InChI=1S/C12H15F3/c1-3-4-10-5-7-11(8-6-10)9(2)12(13,14)15/h5-9H,3-4H2,1-2H3/t9-/m0/s1. The molecule has 0 saturated carbocycles. The van der Waals surface area contributed by atoms with Gasteiger partial charge in [-0.1, -0.05) is 37.6 Å². The first kappa shape index (κ1) is 12.1. The first-order valence-electron chi connectivity index (χ1n) is 5.10. The number of aryl methyl sites for hydroxylation is 1. The molecule has 0 spiro atoms. The summed E-state index contributed by atoms with van der Waals surface area (Å²) < 4.78 is 37.2. The molecule has 1 atom stereocenters. The number of hydrogen-bond acceptors (Lipinski definition) is 0. The van der Waals surface area contributed by atoms with Crippen LogP contribution in [0, 0.1) is 0 Å². The molecule has 1 rings (SSSR count). The fraction of sp³-hybridized carbons (Fsp3) is 0.500. The normalized spacial score (nSPS) is 13.9. The Bertz CT molecular complexity index is 298. The minimum atomic E-state index is -4.15. The Balaban J connectivity index is 2.80. The van der Waals surface area contributed by atoms with E-state index in [0.717, 1.165) is 18.4 Å². The Labute approximate surface area is 88.1 Å². The molecule has 0 aromatic heterocycles. The zero-order chi connectivity index (χ0) is 11.5. The third-order valence-electron chi connectivity index (χ3n) is 2.51. The molecule has 0 aliphatic rings. The molecule has 0 aliphatic heterocycles. The molecule has 0 heterocycles. The lowest BCUT2D eigenvalue weighted by Gasteiger charge is -2.16. The molecule has 3 heteroatoms. The van der Waals surface area contributed by atoms with Gasteiger partial charge in [0.2, 0.25) is 0 Å². The summed E-state index contributed by atoms with van der Waals surface area (Å²) in [4.78, 5) is 0. The predicted molar refractivity (Wildman–Crippen MR) is 54.9 cm³/mol.